The van der Waals surface area contributed by atoms with Crippen LogP contribution in [0, 0.1) is 0 Å². The van der Waals surface area contributed by atoms with Crippen molar-refractivity contribution in [3.8, 4) is 0 Å². The van der Waals surface area contributed by atoms with Crippen LogP contribution in [0.2, 0.25) is 0 Å². The van der Waals surface area contributed by atoms with Crippen molar-refractivity contribution in [3.63, 3.8) is 0 Å². The summed E-state index contributed by atoms with van der Waals surface area (Å²) in [6.07, 6.45) is 1.08. The van der Waals surface area contributed by atoms with Gasteiger partial charge in [-0.15, -0.1) is 0 Å². The summed E-state index contributed by atoms with van der Waals surface area (Å²) in [5.74, 6) is -0.960. The molecule has 4 amide bonds. The number of nitrogens with zero attached hydrogens (tertiary/aromatic N) is 2. The molecule has 12 nitrogen and oxygen atoms in total. The molecular formula is C27H41N5O7. The van der Waals surface area contributed by atoms with Gasteiger partial charge in [0, 0.05) is 62.9 Å². The SMILES string of the molecule is CNC(=O)C(CCC=O)N1Cc2c(NC(=O)CCCN(CCOCCN)C(=O)OC(C)(C)C)cccc2C1=O. The first kappa shape index (κ1) is 31.7. The molecule has 0 spiro atoms. The van der Waals surface area contributed by atoms with E-state index in [1.54, 1.807) is 39.0 Å². The number of carbonyl (C=O) groups is 5. The van der Waals surface area contributed by atoms with E-state index in [0.717, 1.165) is 0 Å². The third kappa shape index (κ3) is 9.63. The number of hydrogen-bond acceptors (Lipinski definition) is 8. The van der Waals surface area contributed by atoms with Crippen molar-refractivity contribution in [2.24, 2.45) is 5.73 Å². The molecule has 0 bridgehead atoms. The van der Waals surface area contributed by atoms with Gasteiger partial charge in [0.25, 0.3) is 5.91 Å². The molecule has 2 rings (SSSR count). The predicted octanol–water partition coefficient (Wildman–Crippen LogP) is 1.67. The maximum Gasteiger partial charge on any atom is 0.410 e. The van der Waals surface area contributed by atoms with Crippen LogP contribution < -0.4 is 16.4 Å². The van der Waals surface area contributed by atoms with E-state index in [1.807, 2.05) is 0 Å². The minimum atomic E-state index is -0.795. The van der Waals surface area contributed by atoms with Crippen LogP contribution in [0.5, 0.6) is 0 Å². The Morgan fingerprint density at radius 3 is 2.59 bits per heavy atom. The van der Waals surface area contributed by atoms with Crippen molar-refractivity contribution in [2.75, 3.05) is 45.2 Å². The average molecular weight is 548 g/mol. The van der Waals surface area contributed by atoms with Crippen LogP contribution in [0.25, 0.3) is 0 Å². The third-order valence-corrected chi connectivity index (χ3v) is 6.00. The summed E-state index contributed by atoms with van der Waals surface area (Å²) in [7, 11) is 1.48. The lowest BCUT2D eigenvalue weighted by atomic mass is 10.1. The standard InChI is InChI=1S/C27H41N5O7/c1-27(2,3)39-26(37)31(14-17-38-16-12-28)13-6-11-23(34)30-21-9-5-8-19-20(21)18-32(25(19)36)22(10-7-15-33)24(35)29-4/h5,8-9,15,22H,6-7,10-14,16-18,28H2,1-4H3,(H,29,35)(H,30,34). The van der Waals surface area contributed by atoms with Crippen molar-refractivity contribution in [3.05, 3.63) is 29.3 Å². The van der Waals surface area contributed by atoms with Crippen LogP contribution in [0.15, 0.2) is 18.2 Å². The molecule has 1 aliphatic heterocycles. The number of amides is 4. The highest BCUT2D eigenvalue weighted by Gasteiger charge is 2.37. The molecular weight excluding hydrogens is 506 g/mol. The highest BCUT2D eigenvalue weighted by molar-refractivity contribution is 6.04. The lowest BCUT2D eigenvalue weighted by Gasteiger charge is -2.27. The second-order valence-electron chi connectivity index (χ2n) is 10.2. The van der Waals surface area contributed by atoms with Crippen molar-refractivity contribution in [1.29, 1.82) is 0 Å². The molecule has 1 unspecified atom stereocenters. The van der Waals surface area contributed by atoms with E-state index in [-0.39, 0.29) is 50.1 Å². The van der Waals surface area contributed by atoms with E-state index in [9.17, 15) is 24.0 Å². The number of nitrogens with two attached hydrogens (primary N) is 1. The number of aldehydes is 1. The summed E-state index contributed by atoms with van der Waals surface area (Å²) in [5, 5.41) is 5.41. The van der Waals surface area contributed by atoms with Crippen molar-refractivity contribution in [2.45, 2.75) is 64.6 Å². The van der Waals surface area contributed by atoms with E-state index in [0.29, 0.717) is 55.8 Å². The van der Waals surface area contributed by atoms with E-state index >= 15 is 0 Å². The molecule has 4 N–H and O–H groups in total. The molecule has 1 aromatic rings. The van der Waals surface area contributed by atoms with E-state index in [4.69, 9.17) is 15.2 Å². The Kier molecular flexibility index (Phi) is 12.3. The van der Waals surface area contributed by atoms with E-state index in [2.05, 4.69) is 10.6 Å². The molecule has 0 aromatic heterocycles. The Morgan fingerprint density at radius 2 is 1.95 bits per heavy atom. The second-order valence-corrected chi connectivity index (χ2v) is 10.2. The number of rotatable bonds is 15. The van der Waals surface area contributed by atoms with Gasteiger partial charge in [-0.05, 0) is 45.7 Å². The number of hydrogen-bond donors (Lipinski definition) is 3. The maximum atomic E-state index is 13.1. The summed E-state index contributed by atoms with van der Waals surface area (Å²) in [6, 6.07) is 4.23. The van der Waals surface area contributed by atoms with Gasteiger partial charge >= 0.3 is 6.09 Å². The molecule has 1 aromatic carbocycles. The predicted molar refractivity (Wildman–Crippen MR) is 145 cm³/mol. The van der Waals surface area contributed by atoms with Gasteiger partial charge in [-0.1, -0.05) is 6.07 Å². The summed E-state index contributed by atoms with van der Waals surface area (Å²) in [6.45, 7) is 7.14. The first-order valence-corrected chi connectivity index (χ1v) is 13.2. The summed E-state index contributed by atoms with van der Waals surface area (Å²) >= 11 is 0. The number of nitrogens with one attached hydrogen (secondary N) is 2. The van der Waals surface area contributed by atoms with Gasteiger partial charge in [0.1, 0.15) is 17.9 Å². The van der Waals surface area contributed by atoms with Gasteiger partial charge in [-0.3, -0.25) is 14.4 Å². The van der Waals surface area contributed by atoms with Crippen LogP contribution in [-0.4, -0.2) is 91.4 Å². The van der Waals surface area contributed by atoms with E-state index < -0.39 is 17.7 Å². The minimum Gasteiger partial charge on any atom is -0.444 e. The summed E-state index contributed by atoms with van der Waals surface area (Å²) < 4.78 is 10.9. The van der Waals surface area contributed by atoms with Crippen molar-refractivity contribution < 1.29 is 33.4 Å². The molecule has 0 radical (unpaired) electrons. The quantitative estimate of drug-likeness (QED) is 0.221. The fourth-order valence-electron chi connectivity index (χ4n) is 4.17. The zero-order chi connectivity index (χ0) is 29.0. The smallest absolute Gasteiger partial charge is 0.410 e. The number of fused-ring (bicyclic) bond motifs is 1. The Morgan fingerprint density at radius 1 is 1.21 bits per heavy atom. The van der Waals surface area contributed by atoms with Crippen molar-refractivity contribution >= 4 is 35.8 Å². The van der Waals surface area contributed by atoms with Gasteiger partial charge < -0.3 is 40.4 Å². The Hall–Kier alpha value is -3.51. The average Bonchev–Trinajstić information content (AvgIpc) is 3.21. The number of carbonyl (C=O) groups excluding carboxylic acids is 5. The van der Waals surface area contributed by atoms with E-state index in [1.165, 1.54) is 16.8 Å². The minimum absolute atomic E-state index is 0.129. The number of ether oxygens (including phenoxy) is 2. The lowest BCUT2D eigenvalue weighted by Crippen LogP contribution is -2.46. The molecule has 0 saturated heterocycles. The molecule has 0 fully saturated rings. The number of likely N-dealkylation sites (N-methyl/N-ethyl adjacent to an activating group) is 1. The fraction of sp³-hybridized carbons (Fsp3) is 0.593. The highest BCUT2D eigenvalue weighted by atomic mass is 16.6. The largest absolute Gasteiger partial charge is 0.444 e. The van der Waals surface area contributed by atoms with Crippen LogP contribution in [0.3, 0.4) is 0 Å². The molecule has 1 heterocycles. The van der Waals surface area contributed by atoms with Gasteiger partial charge in [0.15, 0.2) is 0 Å². The maximum absolute atomic E-state index is 13.1. The molecule has 216 valence electrons. The number of benzene rings is 1. The Bertz CT molecular complexity index is 1020. The number of anilines is 1. The first-order valence-electron chi connectivity index (χ1n) is 13.2. The van der Waals surface area contributed by atoms with Crippen LogP contribution >= 0.6 is 0 Å². The molecule has 0 aliphatic carbocycles. The van der Waals surface area contributed by atoms with Crippen molar-refractivity contribution in [1.82, 2.24) is 15.1 Å². The van der Waals surface area contributed by atoms with Gasteiger partial charge in [-0.2, -0.15) is 0 Å². The summed E-state index contributed by atoms with van der Waals surface area (Å²) in [5.41, 5.74) is 6.29. The van der Waals surface area contributed by atoms with Gasteiger partial charge in [0.05, 0.1) is 13.2 Å². The monoisotopic (exact) mass is 547 g/mol. The first-order chi connectivity index (χ1) is 18.5. The molecule has 1 atom stereocenters. The van der Waals surface area contributed by atoms with Gasteiger partial charge in [-0.25, -0.2) is 4.79 Å². The summed E-state index contributed by atoms with van der Waals surface area (Å²) in [4.78, 5) is 64.7. The molecule has 1 aliphatic rings. The third-order valence-electron chi connectivity index (χ3n) is 6.00. The highest BCUT2D eigenvalue weighted by Crippen LogP contribution is 2.31. The lowest BCUT2D eigenvalue weighted by molar-refractivity contribution is -0.125. The molecule has 12 heteroatoms. The molecule has 0 saturated carbocycles. The van der Waals surface area contributed by atoms with Crippen LogP contribution in [0.4, 0.5) is 10.5 Å². The molecule has 39 heavy (non-hydrogen) atoms. The zero-order valence-corrected chi connectivity index (χ0v) is 23.3. The normalized spacial score (nSPS) is 13.5. The zero-order valence-electron chi connectivity index (χ0n) is 23.3. The van der Waals surface area contributed by atoms with Gasteiger partial charge in [0.2, 0.25) is 11.8 Å². The van der Waals surface area contributed by atoms with Crippen LogP contribution in [0.1, 0.15) is 62.4 Å². The fourth-order valence-corrected chi connectivity index (χ4v) is 4.17. The van der Waals surface area contributed by atoms with Crippen LogP contribution in [-0.2, 0) is 30.4 Å². The Labute approximate surface area is 229 Å². The second kappa shape index (κ2) is 15.2. The topological polar surface area (TPSA) is 160 Å². The Balaban J connectivity index is 2.02.